The number of aryl methyl sites for hydroxylation is 1. The van der Waals surface area contributed by atoms with Crippen molar-refractivity contribution in [3.8, 4) is 5.81 Å². The zero-order chi connectivity index (χ0) is 9.84. The van der Waals surface area contributed by atoms with Gasteiger partial charge >= 0.3 is 73.3 Å². The number of anilines is 1. The van der Waals surface area contributed by atoms with Gasteiger partial charge in [-0.15, -0.1) is 0 Å². The third kappa shape index (κ3) is 2.21. The first kappa shape index (κ1) is 9.58. The number of hydrogen-bond donors (Lipinski definition) is 1. The van der Waals surface area contributed by atoms with Crippen LogP contribution >= 0.6 is 7.92 Å². The minimum absolute atomic E-state index is 0.0475. The van der Waals surface area contributed by atoms with Gasteiger partial charge in [0, 0.05) is 0 Å². The van der Waals surface area contributed by atoms with Crippen molar-refractivity contribution < 1.29 is 18.5 Å². The standard InChI is InChI=1S/C6H5N2O4P/c1-3-4(8-6(7)12-3)5(9)11-2-13-10/h1H3,(H2,7,8). The molecular formula is C6H5N2O4P. The third-order valence-electron chi connectivity index (χ3n) is 1.18. The Hall–Kier alpha value is -1.51. The molecule has 2 N–H and O–H groups in total. The molecule has 13 heavy (non-hydrogen) atoms. The van der Waals surface area contributed by atoms with Crippen molar-refractivity contribution in [1.82, 2.24) is 4.98 Å². The molecule has 0 amide bonds. The summed E-state index contributed by atoms with van der Waals surface area (Å²) in [5.74, 6) is 1.27. The number of esters is 1. The van der Waals surface area contributed by atoms with Gasteiger partial charge in [-0.25, -0.2) is 0 Å². The van der Waals surface area contributed by atoms with Gasteiger partial charge in [0.1, 0.15) is 0 Å². The number of carbonyl (C=O) groups is 1. The molecule has 0 saturated heterocycles. The molecule has 0 atom stereocenters. The number of nitrogens with two attached hydrogens (primary N) is 1. The number of aromatic nitrogens is 1. The van der Waals surface area contributed by atoms with E-state index in [4.69, 9.17) is 10.2 Å². The Labute approximate surface area is 74.2 Å². The van der Waals surface area contributed by atoms with Crippen molar-refractivity contribution in [3.63, 3.8) is 0 Å². The van der Waals surface area contributed by atoms with Gasteiger partial charge in [-0.2, -0.15) is 0 Å². The minimum atomic E-state index is -0.804. The number of nitrogen functional groups attached to an aromatic ring is 1. The number of oxazole rings is 1. The molecule has 0 saturated carbocycles. The van der Waals surface area contributed by atoms with Gasteiger partial charge in [0.25, 0.3) is 0 Å². The van der Waals surface area contributed by atoms with Crippen LogP contribution in [0.4, 0.5) is 6.01 Å². The number of nitrogens with zero attached hydrogens (tertiary/aromatic N) is 1. The van der Waals surface area contributed by atoms with Gasteiger partial charge in [0.05, 0.1) is 0 Å². The molecule has 1 rings (SSSR count). The summed E-state index contributed by atoms with van der Waals surface area (Å²) in [6.45, 7) is 1.51. The summed E-state index contributed by atoms with van der Waals surface area (Å²) in [5, 5.41) is 0. The first-order valence-electron chi connectivity index (χ1n) is 3.16. The molecule has 0 fully saturated rings. The van der Waals surface area contributed by atoms with Crippen LogP contribution in [0.3, 0.4) is 0 Å². The van der Waals surface area contributed by atoms with Crippen molar-refractivity contribution in [1.29, 1.82) is 0 Å². The van der Waals surface area contributed by atoms with Crippen molar-refractivity contribution in [3.05, 3.63) is 11.5 Å². The summed E-state index contributed by atoms with van der Waals surface area (Å²) < 4.78 is 18.9. The number of carbonyl (C=O) groups excluding carboxylic acids is 1. The Kier molecular flexibility index (Phi) is 2.90. The van der Waals surface area contributed by atoms with Crippen LogP contribution in [0.25, 0.3) is 0 Å². The third-order valence-corrected chi connectivity index (χ3v) is 1.35. The van der Waals surface area contributed by atoms with Crippen LogP contribution in [-0.2, 0) is 9.30 Å². The van der Waals surface area contributed by atoms with Gasteiger partial charge < -0.3 is 0 Å². The van der Waals surface area contributed by atoms with Crippen LogP contribution in [0.1, 0.15) is 16.2 Å². The van der Waals surface area contributed by atoms with E-state index in [2.05, 4.69) is 9.72 Å². The van der Waals surface area contributed by atoms with Gasteiger partial charge in [0.15, 0.2) is 0 Å². The Morgan fingerprint density at radius 2 is 2.46 bits per heavy atom. The Morgan fingerprint density at radius 3 is 2.92 bits per heavy atom. The van der Waals surface area contributed by atoms with Crippen LogP contribution in [0, 0.1) is 12.7 Å². The van der Waals surface area contributed by atoms with Crippen LogP contribution in [-0.4, -0.2) is 11.0 Å². The van der Waals surface area contributed by atoms with E-state index in [1.54, 1.807) is 0 Å². The van der Waals surface area contributed by atoms with E-state index >= 15 is 0 Å². The van der Waals surface area contributed by atoms with Gasteiger partial charge in [-0.1, -0.05) is 0 Å². The Morgan fingerprint density at radius 1 is 1.77 bits per heavy atom. The van der Waals surface area contributed by atoms with E-state index in [1.165, 1.54) is 6.92 Å². The summed E-state index contributed by atoms with van der Waals surface area (Å²) in [6.07, 6.45) is 0. The number of hydrogen-bond acceptors (Lipinski definition) is 6. The summed E-state index contributed by atoms with van der Waals surface area (Å²) in [7, 11) is -0.515. The zero-order valence-electron chi connectivity index (χ0n) is 6.60. The molecule has 1 aromatic rings. The van der Waals surface area contributed by atoms with E-state index in [1.807, 2.05) is 5.81 Å². The second-order valence-corrected chi connectivity index (χ2v) is 2.39. The molecule has 1 heterocycles. The summed E-state index contributed by atoms with van der Waals surface area (Å²) in [4.78, 5) is 14.6. The molecule has 7 heteroatoms. The predicted octanol–water partition coefficient (Wildman–Crippen LogP) is 0.930. The predicted molar refractivity (Wildman–Crippen MR) is 42.6 cm³/mol. The molecule has 0 aliphatic carbocycles. The summed E-state index contributed by atoms with van der Waals surface area (Å²) >= 11 is 0. The first-order chi connectivity index (χ1) is 6.15. The molecule has 0 spiro atoms. The molecule has 0 aromatic carbocycles. The van der Waals surface area contributed by atoms with Crippen LogP contribution in [0.2, 0.25) is 0 Å². The summed E-state index contributed by atoms with van der Waals surface area (Å²) in [5.41, 5.74) is 5.13. The van der Waals surface area contributed by atoms with E-state index in [-0.39, 0.29) is 17.5 Å². The van der Waals surface area contributed by atoms with Crippen molar-refractivity contribution >= 4 is 19.9 Å². The van der Waals surface area contributed by atoms with E-state index in [0.29, 0.717) is 0 Å². The molecule has 1 aromatic heterocycles. The maximum atomic E-state index is 11.0. The SMILES string of the molecule is Cc1oc(N)nc1C(=O)OC#P=O. The Balaban J connectivity index is 2.92. The Bertz CT molecular complexity index is 432. The van der Waals surface area contributed by atoms with Crippen molar-refractivity contribution in [2.45, 2.75) is 6.92 Å². The van der Waals surface area contributed by atoms with Crippen molar-refractivity contribution in [2.24, 2.45) is 0 Å². The normalized spacial score (nSPS) is 9.00. The molecular weight excluding hydrogens is 195 g/mol. The number of ether oxygens (including phenoxy) is 1. The fraction of sp³-hybridized carbons (Fsp3) is 0.167. The molecule has 68 valence electrons. The fourth-order valence-electron chi connectivity index (χ4n) is 0.715. The van der Waals surface area contributed by atoms with Crippen LogP contribution < -0.4 is 5.73 Å². The van der Waals surface area contributed by atoms with Gasteiger partial charge in [-0.05, 0) is 0 Å². The van der Waals surface area contributed by atoms with Gasteiger partial charge in [0.2, 0.25) is 0 Å². The quantitative estimate of drug-likeness (QED) is 0.535. The average molecular weight is 200 g/mol. The van der Waals surface area contributed by atoms with Crippen molar-refractivity contribution in [2.75, 3.05) is 5.73 Å². The second kappa shape index (κ2) is 3.94. The summed E-state index contributed by atoms with van der Waals surface area (Å²) in [6, 6.07) is -0.121. The van der Waals surface area contributed by atoms with Gasteiger partial charge in [-0.3, -0.25) is 0 Å². The second-order valence-electron chi connectivity index (χ2n) is 2.03. The molecule has 0 aliphatic rings. The molecule has 0 radical (unpaired) electrons. The monoisotopic (exact) mass is 200 g/mol. The van der Waals surface area contributed by atoms with Crippen LogP contribution in [0.15, 0.2) is 4.42 Å². The molecule has 0 unspecified atom stereocenters. The molecule has 0 bridgehead atoms. The topological polar surface area (TPSA) is 95.4 Å². The first-order valence-corrected chi connectivity index (χ1v) is 3.98. The maximum absolute atomic E-state index is 11.0. The average Bonchev–Trinajstić information content (AvgIpc) is 2.41. The van der Waals surface area contributed by atoms with Crippen LogP contribution in [0.5, 0.6) is 0 Å². The molecule has 6 nitrogen and oxygen atoms in total. The van der Waals surface area contributed by atoms with E-state index < -0.39 is 13.9 Å². The van der Waals surface area contributed by atoms with E-state index in [0.717, 1.165) is 0 Å². The van der Waals surface area contributed by atoms with E-state index in [9.17, 15) is 9.36 Å². The fourth-order valence-corrected chi connectivity index (χ4v) is 0.835. The zero-order valence-corrected chi connectivity index (χ0v) is 7.50. The number of rotatable bonds is 1. The molecule has 0 aliphatic heterocycles.